The molecule has 2 aromatic rings. The number of hydrogen-bond donors (Lipinski definition) is 8. The Bertz CT molecular complexity index is 1120. The largest absolute Gasteiger partial charge is 0.504 e. The summed E-state index contributed by atoms with van der Waals surface area (Å²) in [5, 5.41) is 81.8. The number of aromatic hydroxyl groups is 1. The zero-order valence-corrected chi connectivity index (χ0v) is 21.0. The fraction of sp³-hybridized carbons (Fsp3) is 0.538. The van der Waals surface area contributed by atoms with Crippen molar-refractivity contribution in [3.05, 3.63) is 47.0 Å². The van der Waals surface area contributed by atoms with Crippen molar-refractivity contribution >= 4 is 0 Å². The minimum Gasteiger partial charge on any atom is -0.504 e. The van der Waals surface area contributed by atoms with Gasteiger partial charge in [-0.05, 0) is 41.0 Å². The van der Waals surface area contributed by atoms with Crippen molar-refractivity contribution in [2.45, 2.75) is 48.6 Å². The monoisotopic (exact) mass is 538 g/mol. The molecule has 4 rings (SSSR count). The van der Waals surface area contributed by atoms with Crippen molar-refractivity contribution in [3.8, 4) is 23.0 Å². The molecule has 38 heavy (non-hydrogen) atoms. The van der Waals surface area contributed by atoms with Crippen molar-refractivity contribution in [1.82, 2.24) is 0 Å². The Morgan fingerprint density at radius 2 is 1.61 bits per heavy atom. The van der Waals surface area contributed by atoms with Gasteiger partial charge in [0.15, 0.2) is 23.0 Å². The third-order valence-corrected chi connectivity index (χ3v) is 7.47. The minimum atomic E-state index is -1.69. The third-order valence-electron chi connectivity index (χ3n) is 7.47. The number of benzene rings is 2. The molecule has 2 aromatic carbocycles. The van der Waals surface area contributed by atoms with Gasteiger partial charge in [0.2, 0.25) is 6.29 Å². The van der Waals surface area contributed by atoms with E-state index in [0.29, 0.717) is 16.7 Å². The van der Waals surface area contributed by atoms with Crippen LogP contribution in [0, 0.1) is 5.92 Å². The molecule has 1 saturated heterocycles. The summed E-state index contributed by atoms with van der Waals surface area (Å²) in [6, 6.07) is 7.83. The predicted molar refractivity (Wildman–Crippen MR) is 130 cm³/mol. The van der Waals surface area contributed by atoms with Crippen LogP contribution in [0.25, 0.3) is 0 Å². The van der Waals surface area contributed by atoms with E-state index in [1.165, 1.54) is 26.4 Å². The lowest BCUT2D eigenvalue weighted by molar-refractivity contribution is -0.277. The van der Waals surface area contributed by atoms with Crippen LogP contribution in [0.3, 0.4) is 0 Å². The Balaban J connectivity index is 1.74. The summed E-state index contributed by atoms with van der Waals surface area (Å²) < 4.78 is 21.9. The van der Waals surface area contributed by atoms with Crippen molar-refractivity contribution in [1.29, 1.82) is 0 Å². The van der Waals surface area contributed by atoms with Crippen molar-refractivity contribution in [2.75, 3.05) is 34.0 Å². The van der Waals surface area contributed by atoms with E-state index in [4.69, 9.17) is 18.9 Å². The van der Waals surface area contributed by atoms with Crippen LogP contribution >= 0.6 is 0 Å². The molecule has 0 saturated carbocycles. The van der Waals surface area contributed by atoms with Gasteiger partial charge in [0.05, 0.1) is 33.0 Å². The fourth-order valence-electron chi connectivity index (χ4n) is 5.35. The van der Waals surface area contributed by atoms with E-state index >= 15 is 0 Å². The molecule has 2 aliphatic rings. The zero-order chi connectivity index (χ0) is 27.8. The van der Waals surface area contributed by atoms with Crippen LogP contribution in [0.1, 0.15) is 22.6 Å². The number of rotatable bonds is 8. The summed E-state index contributed by atoms with van der Waals surface area (Å²) in [6.07, 6.45) is -7.38. The van der Waals surface area contributed by atoms with Crippen LogP contribution in [0.4, 0.5) is 0 Å². The van der Waals surface area contributed by atoms with E-state index in [1.54, 1.807) is 18.2 Å². The second-order valence-corrected chi connectivity index (χ2v) is 9.65. The van der Waals surface area contributed by atoms with Crippen LogP contribution in [-0.2, 0) is 11.2 Å². The van der Waals surface area contributed by atoms with Gasteiger partial charge in [0, 0.05) is 24.9 Å². The number of phenols is 1. The Hall–Kier alpha value is -2.68. The van der Waals surface area contributed by atoms with E-state index in [1.807, 2.05) is 0 Å². The maximum absolute atomic E-state index is 11.3. The highest BCUT2D eigenvalue weighted by molar-refractivity contribution is 5.54. The number of aliphatic hydroxyl groups is 7. The molecule has 210 valence electrons. The van der Waals surface area contributed by atoms with Gasteiger partial charge in [-0.25, -0.2) is 0 Å². The van der Waals surface area contributed by atoms with Gasteiger partial charge < -0.3 is 59.8 Å². The van der Waals surface area contributed by atoms with E-state index in [0.717, 1.165) is 0 Å². The predicted octanol–water partition coefficient (Wildman–Crippen LogP) is -1.39. The van der Waals surface area contributed by atoms with Gasteiger partial charge in [-0.2, -0.15) is 0 Å². The van der Waals surface area contributed by atoms with Gasteiger partial charge in [-0.1, -0.05) is 6.07 Å². The van der Waals surface area contributed by atoms with Crippen molar-refractivity contribution in [2.24, 2.45) is 5.92 Å². The van der Waals surface area contributed by atoms with Gasteiger partial charge in [-0.15, -0.1) is 0 Å². The summed E-state index contributed by atoms with van der Waals surface area (Å²) in [5.74, 6) is -1.13. The summed E-state index contributed by atoms with van der Waals surface area (Å²) in [6.45, 7) is -1.70. The first-order valence-corrected chi connectivity index (χ1v) is 12.1. The normalized spacial score (nSPS) is 32.9. The lowest BCUT2D eigenvalue weighted by Gasteiger charge is -2.44. The molecule has 1 aliphatic heterocycles. The van der Waals surface area contributed by atoms with Crippen LogP contribution in [0.15, 0.2) is 30.3 Å². The molecule has 8 atom stereocenters. The molecular formula is C26H34O12. The van der Waals surface area contributed by atoms with Crippen LogP contribution in [-0.4, -0.2) is 111 Å². The highest BCUT2D eigenvalue weighted by atomic mass is 16.7. The van der Waals surface area contributed by atoms with E-state index in [-0.39, 0.29) is 29.4 Å². The number of phenolic OH excluding ortho intramolecular Hbond substituents is 1. The molecule has 8 N–H and O–H groups in total. The zero-order valence-electron chi connectivity index (χ0n) is 21.0. The summed E-state index contributed by atoms with van der Waals surface area (Å²) >= 11 is 0. The maximum atomic E-state index is 11.3. The molecule has 0 radical (unpaired) electrons. The molecular weight excluding hydrogens is 504 g/mol. The molecule has 1 heterocycles. The first-order valence-electron chi connectivity index (χ1n) is 12.1. The second-order valence-electron chi connectivity index (χ2n) is 9.65. The second kappa shape index (κ2) is 11.2. The topological polar surface area (TPSA) is 199 Å². The summed E-state index contributed by atoms with van der Waals surface area (Å²) in [4.78, 5) is 0. The third kappa shape index (κ3) is 4.90. The van der Waals surface area contributed by atoms with Gasteiger partial charge >= 0.3 is 0 Å². The Morgan fingerprint density at radius 3 is 2.21 bits per heavy atom. The number of fused-ring (bicyclic) bond motifs is 1. The van der Waals surface area contributed by atoms with Crippen LogP contribution in [0.2, 0.25) is 0 Å². The fourth-order valence-corrected chi connectivity index (χ4v) is 5.35. The molecule has 1 aliphatic carbocycles. The van der Waals surface area contributed by atoms with Gasteiger partial charge in [0.1, 0.15) is 24.4 Å². The van der Waals surface area contributed by atoms with Gasteiger partial charge in [0.25, 0.3) is 0 Å². The van der Waals surface area contributed by atoms with Crippen molar-refractivity contribution in [3.63, 3.8) is 0 Å². The van der Waals surface area contributed by atoms with Gasteiger partial charge in [-0.3, -0.25) is 0 Å². The highest BCUT2D eigenvalue weighted by Crippen LogP contribution is 2.49. The quantitative estimate of drug-likeness (QED) is 0.196. The molecule has 12 nitrogen and oxygen atoms in total. The number of ether oxygens (including phenoxy) is 4. The van der Waals surface area contributed by atoms with Crippen LogP contribution < -0.4 is 14.2 Å². The molecule has 0 amide bonds. The van der Waals surface area contributed by atoms with E-state index < -0.39 is 68.0 Å². The number of methoxy groups -OCH3 is 2. The van der Waals surface area contributed by atoms with Crippen molar-refractivity contribution < 1.29 is 59.8 Å². The number of hydrogen-bond acceptors (Lipinski definition) is 12. The molecule has 1 fully saturated rings. The molecule has 0 spiro atoms. The maximum Gasteiger partial charge on any atom is 0.229 e. The minimum absolute atomic E-state index is 0.00640. The lowest BCUT2D eigenvalue weighted by Crippen LogP contribution is -2.60. The lowest BCUT2D eigenvalue weighted by atomic mass is 9.64. The first-order chi connectivity index (χ1) is 18.1. The standard InChI is InChI=1S/C26H34O12/c1-35-18-7-14-13(5-16(18)30)8-26(34,11-29)15(9-27)21(14)12-3-4-17(19(6-12)36-2)37-25-24(33)23(32)22(31)20(10-28)38-25/h3-7,15,20-25,27-34H,8-11H2,1-2H3/t15-,20+,21-,22-,23-,24+,25-,26+/m1/s1. The first kappa shape index (κ1) is 28.3. The van der Waals surface area contributed by atoms with E-state index in [2.05, 4.69) is 0 Å². The molecule has 0 bridgehead atoms. The smallest absolute Gasteiger partial charge is 0.229 e. The molecule has 0 aromatic heterocycles. The molecule has 12 heteroatoms. The summed E-state index contributed by atoms with van der Waals surface area (Å²) in [5.41, 5.74) is 0.117. The number of aliphatic hydroxyl groups excluding tert-OH is 6. The highest BCUT2D eigenvalue weighted by Gasteiger charge is 2.48. The average Bonchev–Trinajstić information content (AvgIpc) is 2.92. The molecule has 0 unspecified atom stereocenters. The Morgan fingerprint density at radius 1 is 0.895 bits per heavy atom. The average molecular weight is 539 g/mol. The van der Waals surface area contributed by atoms with E-state index in [9.17, 15) is 40.9 Å². The summed E-state index contributed by atoms with van der Waals surface area (Å²) in [7, 11) is 2.78. The van der Waals surface area contributed by atoms with Crippen LogP contribution in [0.5, 0.6) is 23.0 Å². The Kier molecular flexibility index (Phi) is 8.35. The SMILES string of the molecule is COc1cc2c(cc1O)C[C@](O)(CO)[C@H](CO)[C@@H]2c1ccc(O[C@@H]2O[C@@H](CO)[C@@H](O)[C@@H](O)[C@@H]2O)c(OC)c1. The Labute approximate surface area is 218 Å².